The van der Waals surface area contributed by atoms with E-state index in [-0.39, 0.29) is 11.6 Å². The Labute approximate surface area is 104 Å². The van der Waals surface area contributed by atoms with Crippen LogP contribution in [0.1, 0.15) is 16.2 Å². The maximum atomic E-state index is 11.9. The molecule has 1 aliphatic rings. The van der Waals surface area contributed by atoms with E-state index in [1.165, 1.54) is 0 Å². The van der Waals surface area contributed by atoms with Gasteiger partial charge in [-0.3, -0.25) is 14.9 Å². The van der Waals surface area contributed by atoms with E-state index in [4.69, 9.17) is 16.3 Å². The van der Waals surface area contributed by atoms with Gasteiger partial charge in [-0.25, -0.2) is 5.01 Å². The van der Waals surface area contributed by atoms with Gasteiger partial charge in [0, 0.05) is 20.1 Å². The van der Waals surface area contributed by atoms with Crippen LogP contribution in [0.3, 0.4) is 0 Å². The highest BCUT2D eigenvalue weighted by atomic mass is 35.5. The van der Waals surface area contributed by atoms with Gasteiger partial charge in [-0.2, -0.15) is 5.10 Å². The van der Waals surface area contributed by atoms with E-state index < -0.39 is 0 Å². The lowest BCUT2D eigenvalue weighted by Gasteiger charge is -2.26. The fourth-order valence-electron chi connectivity index (χ4n) is 1.60. The van der Waals surface area contributed by atoms with Gasteiger partial charge in [-0.15, -0.1) is 0 Å². The summed E-state index contributed by atoms with van der Waals surface area (Å²) in [7, 11) is 1.76. The normalized spacial score (nSPS) is 17.1. The molecule has 17 heavy (non-hydrogen) atoms. The van der Waals surface area contributed by atoms with Crippen LogP contribution >= 0.6 is 11.6 Å². The maximum absolute atomic E-state index is 11.9. The molecule has 2 heterocycles. The molecule has 0 unspecified atom stereocenters. The zero-order valence-corrected chi connectivity index (χ0v) is 10.6. The Bertz CT molecular complexity index is 426. The maximum Gasteiger partial charge on any atom is 0.287 e. The largest absolute Gasteiger partial charge is 0.379 e. The van der Waals surface area contributed by atoms with Crippen LogP contribution in [0.5, 0.6) is 0 Å². The van der Waals surface area contributed by atoms with E-state index in [9.17, 15) is 4.79 Å². The van der Waals surface area contributed by atoms with E-state index in [0.29, 0.717) is 31.3 Å². The third kappa shape index (κ3) is 2.59. The summed E-state index contributed by atoms with van der Waals surface area (Å²) in [6.45, 7) is 4.41. The van der Waals surface area contributed by atoms with Crippen molar-refractivity contribution in [1.29, 1.82) is 0 Å². The van der Waals surface area contributed by atoms with Crippen molar-refractivity contribution in [3.05, 3.63) is 16.4 Å². The molecule has 0 radical (unpaired) electrons. The first kappa shape index (κ1) is 12.3. The van der Waals surface area contributed by atoms with Gasteiger partial charge in [0.05, 0.1) is 23.9 Å². The second-order valence-electron chi connectivity index (χ2n) is 3.91. The zero-order chi connectivity index (χ0) is 12.4. The van der Waals surface area contributed by atoms with E-state index in [0.717, 1.165) is 5.69 Å². The molecule has 1 aromatic rings. The first-order valence-electron chi connectivity index (χ1n) is 5.42. The first-order valence-corrected chi connectivity index (χ1v) is 5.80. The Morgan fingerprint density at radius 1 is 1.47 bits per heavy atom. The number of rotatable bonds is 2. The van der Waals surface area contributed by atoms with E-state index >= 15 is 0 Å². The number of hydrogen-bond donors (Lipinski definition) is 1. The summed E-state index contributed by atoms with van der Waals surface area (Å²) in [6, 6.07) is 0. The highest BCUT2D eigenvalue weighted by Gasteiger charge is 2.20. The van der Waals surface area contributed by atoms with Crippen LogP contribution in [0, 0.1) is 6.92 Å². The highest BCUT2D eigenvalue weighted by molar-refractivity contribution is 6.34. The van der Waals surface area contributed by atoms with Crippen LogP contribution in [-0.4, -0.2) is 47.0 Å². The Hall–Kier alpha value is -1.11. The first-order chi connectivity index (χ1) is 8.09. The molecule has 6 nitrogen and oxygen atoms in total. The lowest BCUT2D eigenvalue weighted by atomic mass is 10.3. The molecule has 1 aliphatic heterocycles. The standard InChI is InChI=1S/C10H15ClN4O2/c1-7-8(11)9(12-14(7)2)10(16)13-15-3-5-17-6-4-15/h3-6H2,1-2H3,(H,13,16). The number of amides is 1. The smallest absolute Gasteiger partial charge is 0.287 e. The van der Waals surface area contributed by atoms with E-state index in [1.54, 1.807) is 11.7 Å². The molecule has 0 atom stereocenters. The topological polar surface area (TPSA) is 59.4 Å². The number of halogens is 1. The second-order valence-corrected chi connectivity index (χ2v) is 4.29. The number of carbonyl (C=O) groups is 1. The summed E-state index contributed by atoms with van der Waals surface area (Å²) >= 11 is 6.04. The number of nitrogens with one attached hydrogen (secondary N) is 1. The van der Waals surface area contributed by atoms with Crippen LogP contribution in [-0.2, 0) is 11.8 Å². The molecular formula is C10H15ClN4O2. The zero-order valence-electron chi connectivity index (χ0n) is 9.86. The molecule has 1 aromatic heterocycles. The molecule has 2 rings (SSSR count). The van der Waals surface area contributed by atoms with Gasteiger partial charge in [0.1, 0.15) is 0 Å². The lowest BCUT2D eigenvalue weighted by molar-refractivity contribution is 0.0124. The number of hydrogen-bond acceptors (Lipinski definition) is 4. The number of carbonyl (C=O) groups excluding carboxylic acids is 1. The van der Waals surface area contributed by atoms with Gasteiger partial charge in [0.2, 0.25) is 0 Å². The quantitative estimate of drug-likeness (QED) is 0.832. The molecule has 0 saturated carbocycles. The Balaban J connectivity index is 2.06. The van der Waals surface area contributed by atoms with Crippen molar-refractivity contribution >= 4 is 17.5 Å². The van der Waals surface area contributed by atoms with Crippen LogP contribution in [0.25, 0.3) is 0 Å². The minimum atomic E-state index is -0.277. The molecule has 0 bridgehead atoms. The van der Waals surface area contributed by atoms with Crippen molar-refractivity contribution in [2.75, 3.05) is 26.3 Å². The summed E-state index contributed by atoms with van der Waals surface area (Å²) < 4.78 is 6.79. The molecule has 0 aliphatic carbocycles. The number of aromatic nitrogens is 2. The summed E-state index contributed by atoms with van der Waals surface area (Å²) in [5.74, 6) is -0.277. The van der Waals surface area contributed by atoms with Crippen molar-refractivity contribution in [2.24, 2.45) is 7.05 Å². The predicted molar refractivity (Wildman–Crippen MR) is 62.8 cm³/mol. The summed E-state index contributed by atoms with van der Waals surface area (Å²) in [5, 5.41) is 6.30. The van der Waals surface area contributed by atoms with Crippen LogP contribution in [0.4, 0.5) is 0 Å². The Morgan fingerprint density at radius 3 is 2.65 bits per heavy atom. The molecule has 0 aromatic carbocycles. The molecule has 0 spiro atoms. The average Bonchev–Trinajstić information content (AvgIpc) is 2.58. The van der Waals surface area contributed by atoms with Crippen molar-refractivity contribution in [2.45, 2.75) is 6.92 Å². The fourth-order valence-corrected chi connectivity index (χ4v) is 1.85. The minimum absolute atomic E-state index is 0.262. The van der Waals surface area contributed by atoms with Crippen LogP contribution in [0.2, 0.25) is 5.02 Å². The summed E-state index contributed by atoms with van der Waals surface area (Å²) in [6.07, 6.45) is 0. The third-order valence-electron chi connectivity index (χ3n) is 2.75. The summed E-state index contributed by atoms with van der Waals surface area (Å²) in [5.41, 5.74) is 3.81. The molecular weight excluding hydrogens is 244 g/mol. The van der Waals surface area contributed by atoms with E-state index in [2.05, 4.69) is 10.5 Å². The molecule has 94 valence electrons. The van der Waals surface area contributed by atoms with Crippen molar-refractivity contribution in [1.82, 2.24) is 20.2 Å². The highest BCUT2D eigenvalue weighted by Crippen LogP contribution is 2.18. The molecule has 1 amide bonds. The monoisotopic (exact) mass is 258 g/mol. The van der Waals surface area contributed by atoms with Gasteiger partial charge in [-0.1, -0.05) is 11.6 Å². The van der Waals surface area contributed by atoms with Crippen LogP contribution in [0.15, 0.2) is 0 Å². The van der Waals surface area contributed by atoms with E-state index in [1.807, 2.05) is 11.9 Å². The molecule has 7 heteroatoms. The Morgan fingerprint density at radius 2 is 2.12 bits per heavy atom. The van der Waals surface area contributed by atoms with Gasteiger partial charge in [-0.05, 0) is 6.92 Å². The summed E-state index contributed by atoms with van der Waals surface area (Å²) in [4.78, 5) is 11.9. The van der Waals surface area contributed by atoms with Crippen molar-refractivity contribution < 1.29 is 9.53 Å². The number of morpholine rings is 1. The molecule has 1 N–H and O–H groups in total. The average molecular weight is 259 g/mol. The Kier molecular flexibility index (Phi) is 3.66. The number of ether oxygens (including phenoxy) is 1. The van der Waals surface area contributed by atoms with Gasteiger partial charge < -0.3 is 4.74 Å². The van der Waals surface area contributed by atoms with Gasteiger partial charge in [0.25, 0.3) is 5.91 Å². The van der Waals surface area contributed by atoms with Crippen LogP contribution < -0.4 is 5.43 Å². The fraction of sp³-hybridized carbons (Fsp3) is 0.600. The third-order valence-corrected chi connectivity index (χ3v) is 3.20. The number of aryl methyl sites for hydroxylation is 1. The lowest BCUT2D eigenvalue weighted by Crippen LogP contribution is -2.48. The second kappa shape index (κ2) is 5.03. The predicted octanol–water partition coefficient (Wildman–Crippen LogP) is 0.359. The minimum Gasteiger partial charge on any atom is -0.379 e. The SMILES string of the molecule is Cc1c(Cl)c(C(=O)NN2CCOCC2)nn1C. The van der Waals surface area contributed by atoms with Gasteiger partial charge >= 0.3 is 0 Å². The molecule has 1 fully saturated rings. The van der Waals surface area contributed by atoms with Crippen molar-refractivity contribution in [3.8, 4) is 0 Å². The molecule has 1 saturated heterocycles. The van der Waals surface area contributed by atoms with Gasteiger partial charge in [0.15, 0.2) is 5.69 Å². The number of nitrogens with zero attached hydrogens (tertiary/aromatic N) is 3. The number of hydrazine groups is 1. The van der Waals surface area contributed by atoms with Crippen molar-refractivity contribution in [3.63, 3.8) is 0 Å².